The van der Waals surface area contributed by atoms with Gasteiger partial charge in [0.05, 0.1) is 6.61 Å². The van der Waals surface area contributed by atoms with Crippen LogP contribution in [0.15, 0.2) is 24.3 Å². The van der Waals surface area contributed by atoms with Crippen LogP contribution in [0.4, 0.5) is 0 Å². The highest BCUT2D eigenvalue weighted by Gasteiger charge is 1.95. The standard InChI is InChI=1S/C14H23NO3/c1-2-3-4-5-6-9-12-18-14(17)11-8-7-10-13(15)16/h7-8,10-11H,2-6,9,12H2,1H3,(H2,15,16). The van der Waals surface area contributed by atoms with Gasteiger partial charge in [0, 0.05) is 12.2 Å². The van der Waals surface area contributed by atoms with E-state index >= 15 is 0 Å². The largest absolute Gasteiger partial charge is 0.463 e. The Morgan fingerprint density at radius 1 is 1.00 bits per heavy atom. The summed E-state index contributed by atoms with van der Waals surface area (Å²) >= 11 is 0. The fraction of sp³-hybridized carbons (Fsp3) is 0.571. The molecule has 0 rings (SSSR count). The van der Waals surface area contributed by atoms with Crippen LogP contribution in [0.25, 0.3) is 0 Å². The van der Waals surface area contributed by atoms with Crippen LogP contribution in [0.5, 0.6) is 0 Å². The van der Waals surface area contributed by atoms with Crippen molar-refractivity contribution in [2.24, 2.45) is 5.73 Å². The molecule has 0 aromatic heterocycles. The molecule has 0 saturated heterocycles. The first-order valence-electron chi connectivity index (χ1n) is 6.47. The van der Waals surface area contributed by atoms with Crippen LogP contribution >= 0.6 is 0 Å². The summed E-state index contributed by atoms with van der Waals surface area (Å²) in [5, 5.41) is 0. The number of amides is 1. The fourth-order valence-corrected chi connectivity index (χ4v) is 1.39. The Bertz CT molecular complexity index is 295. The van der Waals surface area contributed by atoms with Gasteiger partial charge < -0.3 is 10.5 Å². The van der Waals surface area contributed by atoms with E-state index in [0.717, 1.165) is 12.8 Å². The Morgan fingerprint density at radius 3 is 2.28 bits per heavy atom. The highest BCUT2D eigenvalue weighted by Crippen LogP contribution is 2.04. The third-order valence-corrected chi connectivity index (χ3v) is 2.35. The van der Waals surface area contributed by atoms with Crippen LogP contribution in [0, 0.1) is 0 Å². The Hall–Kier alpha value is -1.58. The SMILES string of the molecule is CCCCCCCCOC(=O)C=CC=CC(N)=O. The second kappa shape index (κ2) is 11.9. The van der Waals surface area contributed by atoms with Gasteiger partial charge in [-0.3, -0.25) is 4.79 Å². The number of allylic oxidation sites excluding steroid dienone is 2. The van der Waals surface area contributed by atoms with E-state index in [0.29, 0.717) is 6.61 Å². The first-order chi connectivity index (χ1) is 8.66. The van der Waals surface area contributed by atoms with E-state index < -0.39 is 11.9 Å². The zero-order chi connectivity index (χ0) is 13.6. The van der Waals surface area contributed by atoms with Gasteiger partial charge in [0.1, 0.15) is 0 Å². The molecular formula is C14H23NO3. The second-order valence-corrected chi connectivity index (χ2v) is 4.06. The van der Waals surface area contributed by atoms with Gasteiger partial charge in [-0.05, 0) is 6.42 Å². The number of primary amides is 1. The van der Waals surface area contributed by atoms with Gasteiger partial charge in [-0.1, -0.05) is 51.2 Å². The molecular weight excluding hydrogens is 230 g/mol. The number of rotatable bonds is 10. The number of ether oxygens (including phenoxy) is 1. The molecule has 0 radical (unpaired) electrons. The predicted molar refractivity (Wildman–Crippen MR) is 71.8 cm³/mol. The zero-order valence-corrected chi connectivity index (χ0v) is 11.1. The van der Waals surface area contributed by atoms with Crippen molar-refractivity contribution in [2.75, 3.05) is 6.61 Å². The highest BCUT2D eigenvalue weighted by molar-refractivity contribution is 5.86. The molecule has 0 bridgehead atoms. The number of hydrogen-bond acceptors (Lipinski definition) is 3. The Morgan fingerprint density at radius 2 is 1.61 bits per heavy atom. The van der Waals surface area contributed by atoms with E-state index in [1.807, 2.05) is 0 Å². The third-order valence-electron chi connectivity index (χ3n) is 2.35. The van der Waals surface area contributed by atoms with Crippen molar-refractivity contribution in [1.82, 2.24) is 0 Å². The summed E-state index contributed by atoms with van der Waals surface area (Å²) in [7, 11) is 0. The lowest BCUT2D eigenvalue weighted by Crippen LogP contribution is -2.05. The summed E-state index contributed by atoms with van der Waals surface area (Å²) in [5.74, 6) is -0.933. The number of unbranched alkanes of at least 4 members (excludes halogenated alkanes) is 5. The molecule has 4 nitrogen and oxygen atoms in total. The van der Waals surface area contributed by atoms with E-state index in [2.05, 4.69) is 6.92 Å². The van der Waals surface area contributed by atoms with E-state index in [1.54, 1.807) is 0 Å². The summed E-state index contributed by atoms with van der Waals surface area (Å²) < 4.78 is 4.98. The van der Waals surface area contributed by atoms with Crippen molar-refractivity contribution in [2.45, 2.75) is 45.4 Å². The van der Waals surface area contributed by atoms with E-state index in [-0.39, 0.29) is 0 Å². The van der Waals surface area contributed by atoms with Gasteiger partial charge in [-0.2, -0.15) is 0 Å². The Balaban J connectivity index is 3.45. The molecule has 2 N–H and O–H groups in total. The molecule has 0 aliphatic heterocycles. The molecule has 4 heteroatoms. The molecule has 0 saturated carbocycles. The molecule has 0 aromatic rings. The quantitative estimate of drug-likeness (QED) is 0.281. The lowest BCUT2D eigenvalue weighted by atomic mass is 10.1. The molecule has 1 amide bonds. The van der Waals surface area contributed by atoms with Crippen molar-refractivity contribution >= 4 is 11.9 Å². The van der Waals surface area contributed by atoms with Gasteiger partial charge in [0.2, 0.25) is 5.91 Å². The number of hydrogen-bond donors (Lipinski definition) is 1. The van der Waals surface area contributed by atoms with Crippen molar-refractivity contribution in [3.8, 4) is 0 Å². The summed E-state index contributed by atoms with van der Waals surface area (Å²) in [6.45, 7) is 2.63. The van der Waals surface area contributed by atoms with Crippen molar-refractivity contribution in [1.29, 1.82) is 0 Å². The first kappa shape index (κ1) is 16.4. The summed E-state index contributed by atoms with van der Waals surface area (Å²) in [4.78, 5) is 21.5. The predicted octanol–water partition coefficient (Wildman–Crippen LogP) is 2.49. The number of nitrogens with two attached hydrogens (primary N) is 1. The lowest BCUT2D eigenvalue weighted by molar-refractivity contribution is -0.137. The van der Waals surface area contributed by atoms with Crippen LogP contribution in [0.3, 0.4) is 0 Å². The number of esters is 1. The Labute approximate surface area is 109 Å². The maximum Gasteiger partial charge on any atom is 0.330 e. The van der Waals surface area contributed by atoms with Gasteiger partial charge in [0.15, 0.2) is 0 Å². The average Bonchev–Trinajstić information content (AvgIpc) is 2.33. The minimum absolute atomic E-state index is 0.391. The van der Waals surface area contributed by atoms with Gasteiger partial charge >= 0.3 is 5.97 Å². The topological polar surface area (TPSA) is 69.4 Å². The van der Waals surface area contributed by atoms with Crippen molar-refractivity contribution in [3.05, 3.63) is 24.3 Å². The molecule has 0 spiro atoms. The molecule has 102 valence electrons. The molecule has 0 aliphatic rings. The van der Waals surface area contributed by atoms with Crippen LogP contribution in [-0.4, -0.2) is 18.5 Å². The average molecular weight is 253 g/mol. The molecule has 0 heterocycles. The van der Waals surface area contributed by atoms with Crippen LogP contribution in [-0.2, 0) is 14.3 Å². The smallest absolute Gasteiger partial charge is 0.330 e. The van der Waals surface area contributed by atoms with Crippen molar-refractivity contribution < 1.29 is 14.3 Å². The molecule has 0 atom stereocenters. The highest BCUT2D eigenvalue weighted by atomic mass is 16.5. The van der Waals surface area contributed by atoms with E-state index in [4.69, 9.17) is 10.5 Å². The lowest BCUT2D eigenvalue weighted by Gasteiger charge is -2.01. The fourth-order valence-electron chi connectivity index (χ4n) is 1.39. The number of carbonyl (C=O) groups excluding carboxylic acids is 2. The number of carbonyl (C=O) groups is 2. The molecule has 0 fully saturated rings. The molecule has 18 heavy (non-hydrogen) atoms. The monoisotopic (exact) mass is 253 g/mol. The zero-order valence-electron chi connectivity index (χ0n) is 11.1. The maximum absolute atomic E-state index is 11.2. The summed E-state index contributed by atoms with van der Waals surface area (Å²) in [6.07, 6.45) is 12.3. The summed E-state index contributed by atoms with van der Waals surface area (Å²) in [6, 6.07) is 0. The van der Waals surface area contributed by atoms with Gasteiger partial charge in [0.25, 0.3) is 0 Å². The molecule has 0 aromatic carbocycles. The van der Waals surface area contributed by atoms with E-state index in [1.165, 1.54) is 50.0 Å². The third kappa shape index (κ3) is 12.5. The Kier molecular flexibility index (Phi) is 10.8. The molecule has 0 unspecified atom stereocenters. The normalized spacial score (nSPS) is 11.2. The van der Waals surface area contributed by atoms with Crippen LogP contribution in [0.2, 0.25) is 0 Å². The van der Waals surface area contributed by atoms with Gasteiger partial charge in [-0.15, -0.1) is 0 Å². The first-order valence-corrected chi connectivity index (χ1v) is 6.47. The van der Waals surface area contributed by atoms with Gasteiger partial charge in [-0.25, -0.2) is 4.79 Å². The van der Waals surface area contributed by atoms with Crippen LogP contribution in [0.1, 0.15) is 45.4 Å². The van der Waals surface area contributed by atoms with Crippen LogP contribution < -0.4 is 5.73 Å². The molecule has 0 aliphatic carbocycles. The minimum Gasteiger partial charge on any atom is -0.463 e. The van der Waals surface area contributed by atoms with E-state index in [9.17, 15) is 9.59 Å². The maximum atomic E-state index is 11.2. The summed E-state index contributed by atoms with van der Waals surface area (Å²) in [5.41, 5.74) is 4.88. The van der Waals surface area contributed by atoms with Crippen molar-refractivity contribution in [3.63, 3.8) is 0 Å². The minimum atomic E-state index is -0.542. The second-order valence-electron chi connectivity index (χ2n) is 4.06.